The first-order chi connectivity index (χ1) is 8.88. The van der Waals surface area contributed by atoms with Crippen molar-refractivity contribution in [1.29, 1.82) is 0 Å². The van der Waals surface area contributed by atoms with Crippen molar-refractivity contribution < 1.29 is 9.84 Å². The third kappa shape index (κ3) is 3.00. The topological polar surface area (TPSA) is 47.3 Å². The average molecular weight is 266 g/mol. The Bertz CT molecular complexity index is 416. The molecule has 1 fully saturated rings. The normalized spacial score (nSPS) is 23.2. The van der Waals surface area contributed by atoms with E-state index in [0.29, 0.717) is 12.0 Å². The van der Waals surface area contributed by atoms with Crippen LogP contribution in [0.1, 0.15) is 58.3 Å². The van der Waals surface area contributed by atoms with Crippen LogP contribution in [-0.4, -0.2) is 27.1 Å². The molecule has 0 aromatic carbocycles. The number of aliphatic hydroxyl groups excluding tert-OH is 1. The molecule has 0 spiro atoms. The third-order valence-electron chi connectivity index (χ3n) is 4.39. The molecule has 0 aliphatic heterocycles. The molecule has 4 heteroatoms. The quantitative estimate of drug-likeness (QED) is 0.911. The highest BCUT2D eigenvalue weighted by molar-refractivity contribution is 5.11. The van der Waals surface area contributed by atoms with Crippen LogP contribution in [0.15, 0.2) is 12.3 Å². The Morgan fingerprint density at radius 1 is 1.37 bits per heavy atom. The molecule has 1 atom stereocenters. The van der Waals surface area contributed by atoms with Crippen LogP contribution < -0.4 is 0 Å². The molecule has 0 saturated heterocycles. The fourth-order valence-corrected chi connectivity index (χ4v) is 2.98. The molecule has 1 aliphatic rings. The van der Waals surface area contributed by atoms with Crippen LogP contribution in [0.25, 0.3) is 0 Å². The first-order valence-electron chi connectivity index (χ1n) is 7.20. The van der Waals surface area contributed by atoms with Gasteiger partial charge in [0.05, 0.1) is 11.3 Å². The second-order valence-corrected chi connectivity index (χ2v) is 6.48. The second-order valence-electron chi connectivity index (χ2n) is 6.48. The molecule has 2 rings (SSSR count). The van der Waals surface area contributed by atoms with E-state index in [2.05, 4.69) is 18.9 Å². The number of rotatable bonds is 4. The number of ether oxygens (including phenoxy) is 1. The number of aryl methyl sites for hydroxylation is 1. The van der Waals surface area contributed by atoms with Crippen molar-refractivity contribution in [2.24, 2.45) is 12.5 Å². The Morgan fingerprint density at radius 2 is 2.00 bits per heavy atom. The van der Waals surface area contributed by atoms with Gasteiger partial charge in [0.25, 0.3) is 0 Å². The Morgan fingerprint density at radius 3 is 2.47 bits per heavy atom. The molecule has 108 valence electrons. The molecule has 1 N–H and O–H groups in total. The number of aliphatic hydroxyl groups is 1. The van der Waals surface area contributed by atoms with Crippen LogP contribution >= 0.6 is 0 Å². The summed E-state index contributed by atoms with van der Waals surface area (Å²) in [5.74, 6) is 0. The van der Waals surface area contributed by atoms with Crippen LogP contribution in [-0.2, 0) is 11.8 Å². The van der Waals surface area contributed by atoms with Gasteiger partial charge in [-0.2, -0.15) is 5.10 Å². The minimum atomic E-state index is -0.634. The van der Waals surface area contributed by atoms with E-state index in [4.69, 9.17) is 4.74 Å². The summed E-state index contributed by atoms with van der Waals surface area (Å²) in [7, 11) is 1.87. The minimum Gasteiger partial charge on any atom is -0.384 e. The fraction of sp³-hybridized carbons (Fsp3) is 0.800. The molecule has 1 aliphatic carbocycles. The van der Waals surface area contributed by atoms with Gasteiger partial charge in [0.1, 0.15) is 6.10 Å². The molecule has 1 unspecified atom stereocenters. The fourth-order valence-electron chi connectivity index (χ4n) is 2.98. The smallest absolute Gasteiger partial charge is 0.127 e. The summed E-state index contributed by atoms with van der Waals surface area (Å²) >= 11 is 0. The molecule has 1 saturated carbocycles. The summed E-state index contributed by atoms with van der Waals surface area (Å²) < 4.78 is 7.72. The van der Waals surface area contributed by atoms with Gasteiger partial charge in [0.2, 0.25) is 0 Å². The molecule has 1 heterocycles. The summed E-state index contributed by atoms with van der Waals surface area (Å²) in [5.41, 5.74) is 0.610. The van der Waals surface area contributed by atoms with Crippen molar-refractivity contribution in [2.45, 2.75) is 58.2 Å². The molecule has 1 aromatic heterocycles. The Kier molecular flexibility index (Phi) is 4.02. The average Bonchev–Trinajstić information content (AvgIpc) is 2.78. The zero-order chi connectivity index (χ0) is 14.1. The maximum Gasteiger partial charge on any atom is 0.127 e. The molecule has 19 heavy (non-hydrogen) atoms. The highest BCUT2D eigenvalue weighted by atomic mass is 16.5. The summed E-state index contributed by atoms with van der Waals surface area (Å²) in [6, 6.07) is 1.88. The Balaban J connectivity index is 2.20. The lowest BCUT2D eigenvalue weighted by atomic mass is 9.68. The van der Waals surface area contributed by atoms with E-state index in [9.17, 15) is 5.11 Å². The van der Waals surface area contributed by atoms with Crippen molar-refractivity contribution in [3.8, 4) is 0 Å². The van der Waals surface area contributed by atoms with Crippen molar-refractivity contribution in [3.05, 3.63) is 18.0 Å². The lowest BCUT2D eigenvalue weighted by molar-refractivity contribution is -0.155. The zero-order valence-corrected chi connectivity index (χ0v) is 12.5. The van der Waals surface area contributed by atoms with E-state index in [-0.39, 0.29) is 0 Å². The highest BCUT2D eigenvalue weighted by Crippen LogP contribution is 2.47. The van der Waals surface area contributed by atoms with E-state index >= 15 is 0 Å². The predicted octanol–water partition coefficient (Wildman–Crippen LogP) is 2.83. The first-order valence-corrected chi connectivity index (χ1v) is 7.20. The van der Waals surface area contributed by atoms with Gasteiger partial charge in [0, 0.05) is 19.9 Å². The Labute approximate surface area is 115 Å². The summed E-state index contributed by atoms with van der Waals surface area (Å²) in [5, 5.41) is 15.0. The standard InChI is InChI=1S/C15H26N2O2/c1-5-19-15(9-7-14(2,3)8-10-15)13(18)12-6-11-17(4)16-12/h6,11,13,18H,5,7-10H2,1-4H3. The van der Waals surface area contributed by atoms with Gasteiger partial charge in [-0.1, -0.05) is 13.8 Å². The second kappa shape index (κ2) is 5.25. The van der Waals surface area contributed by atoms with Crippen molar-refractivity contribution >= 4 is 0 Å². The van der Waals surface area contributed by atoms with Crippen molar-refractivity contribution in [3.63, 3.8) is 0 Å². The molecular weight excluding hydrogens is 240 g/mol. The lowest BCUT2D eigenvalue weighted by Gasteiger charge is -2.45. The third-order valence-corrected chi connectivity index (χ3v) is 4.39. The van der Waals surface area contributed by atoms with E-state index in [1.54, 1.807) is 4.68 Å². The first kappa shape index (κ1) is 14.5. The van der Waals surface area contributed by atoms with Crippen molar-refractivity contribution in [2.75, 3.05) is 6.61 Å². The molecule has 1 aromatic rings. The zero-order valence-electron chi connectivity index (χ0n) is 12.5. The molecule has 0 amide bonds. The Hall–Kier alpha value is -0.870. The van der Waals surface area contributed by atoms with Crippen LogP contribution in [0, 0.1) is 5.41 Å². The number of nitrogens with zero attached hydrogens (tertiary/aromatic N) is 2. The van der Waals surface area contributed by atoms with Gasteiger partial charge in [-0.3, -0.25) is 4.68 Å². The lowest BCUT2D eigenvalue weighted by Crippen LogP contribution is -2.44. The summed E-state index contributed by atoms with van der Waals surface area (Å²) in [6.07, 6.45) is 5.18. The molecular formula is C15H26N2O2. The monoisotopic (exact) mass is 266 g/mol. The maximum absolute atomic E-state index is 10.7. The van der Waals surface area contributed by atoms with Crippen LogP contribution in [0.3, 0.4) is 0 Å². The summed E-state index contributed by atoms with van der Waals surface area (Å²) in [6.45, 7) is 7.20. The number of hydrogen-bond acceptors (Lipinski definition) is 3. The van der Waals surface area contributed by atoms with E-state index in [1.807, 2.05) is 26.2 Å². The number of hydrogen-bond donors (Lipinski definition) is 1. The van der Waals surface area contributed by atoms with E-state index in [0.717, 1.165) is 31.4 Å². The van der Waals surface area contributed by atoms with Gasteiger partial charge < -0.3 is 9.84 Å². The SMILES string of the molecule is CCOC1(C(O)c2ccn(C)n2)CCC(C)(C)CC1. The van der Waals surface area contributed by atoms with Gasteiger partial charge in [-0.15, -0.1) is 0 Å². The minimum absolute atomic E-state index is 0.352. The largest absolute Gasteiger partial charge is 0.384 e. The van der Waals surface area contributed by atoms with Gasteiger partial charge in [0.15, 0.2) is 0 Å². The van der Waals surface area contributed by atoms with Crippen LogP contribution in [0.2, 0.25) is 0 Å². The van der Waals surface area contributed by atoms with Crippen LogP contribution in [0.4, 0.5) is 0 Å². The summed E-state index contributed by atoms with van der Waals surface area (Å²) in [4.78, 5) is 0. The molecule has 0 bridgehead atoms. The van der Waals surface area contributed by atoms with Gasteiger partial charge in [-0.05, 0) is 44.1 Å². The van der Waals surface area contributed by atoms with Crippen LogP contribution in [0.5, 0.6) is 0 Å². The molecule has 0 radical (unpaired) electrons. The van der Waals surface area contributed by atoms with E-state index < -0.39 is 11.7 Å². The maximum atomic E-state index is 10.7. The molecule has 4 nitrogen and oxygen atoms in total. The predicted molar refractivity (Wildman–Crippen MR) is 74.8 cm³/mol. The van der Waals surface area contributed by atoms with Gasteiger partial charge in [-0.25, -0.2) is 0 Å². The van der Waals surface area contributed by atoms with E-state index in [1.165, 1.54) is 0 Å². The highest BCUT2D eigenvalue weighted by Gasteiger charge is 2.45. The van der Waals surface area contributed by atoms with Gasteiger partial charge >= 0.3 is 0 Å². The van der Waals surface area contributed by atoms with Crippen molar-refractivity contribution in [1.82, 2.24) is 9.78 Å². The number of aromatic nitrogens is 2.